The zero-order chi connectivity index (χ0) is 17.7. The highest BCUT2D eigenvalue weighted by molar-refractivity contribution is 6.06. The Morgan fingerprint density at radius 1 is 0.962 bits per heavy atom. The van der Waals surface area contributed by atoms with E-state index in [0.717, 1.165) is 16.2 Å². The van der Waals surface area contributed by atoms with Crippen molar-refractivity contribution >= 4 is 27.6 Å². The number of nitrogen functional groups attached to an aromatic ring is 1. The van der Waals surface area contributed by atoms with Crippen LogP contribution in [0.25, 0.3) is 44.7 Å². The molecule has 0 aliphatic heterocycles. The van der Waals surface area contributed by atoms with E-state index in [9.17, 15) is 4.79 Å². The van der Waals surface area contributed by atoms with Gasteiger partial charge in [0.1, 0.15) is 11.1 Å². The zero-order valence-electron chi connectivity index (χ0n) is 13.0. The van der Waals surface area contributed by atoms with Gasteiger partial charge in [0.25, 0.3) is 5.89 Å². The van der Waals surface area contributed by atoms with Gasteiger partial charge < -0.3 is 14.7 Å². The normalized spacial score (nSPS) is 11.4. The Kier molecular flexibility index (Phi) is 2.89. The molecule has 0 amide bonds. The summed E-state index contributed by atoms with van der Waals surface area (Å²) >= 11 is 0. The first-order valence-electron chi connectivity index (χ1n) is 7.59. The lowest BCUT2D eigenvalue weighted by Gasteiger charge is -2.03. The SMILES string of the molecule is Nc1nonc1-c1noc(-c2cc3c(ccc4ccccc43)oc2=O)n1. The molecule has 0 radical (unpaired) electrons. The van der Waals surface area contributed by atoms with Gasteiger partial charge in [-0.25, -0.2) is 9.42 Å². The van der Waals surface area contributed by atoms with E-state index in [1.54, 1.807) is 12.1 Å². The first-order chi connectivity index (χ1) is 12.7. The summed E-state index contributed by atoms with van der Waals surface area (Å²) in [5.41, 5.74) is 5.78. The first-order valence-corrected chi connectivity index (χ1v) is 7.59. The van der Waals surface area contributed by atoms with Crippen LogP contribution < -0.4 is 11.4 Å². The lowest BCUT2D eigenvalue weighted by molar-refractivity contribution is 0.310. The molecule has 0 spiro atoms. The number of anilines is 1. The van der Waals surface area contributed by atoms with E-state index in [2.05, 4.69) is 25.1 Å². The second kappa shape index (κ2) is 5.24. The summed E-state index contributed by atoms with van der Waals surface area (Å²) < 4.78 is 15.1. The maximum Gasteiger partial charge on any atom is 0.349 e. The summed E-state index contributed by atoms with van der Waals surface area (Å²) in [6.07, 6.45) is 0. The van der Waals surface area contributed by atoms with Crippen molar-refractivity contribution in [1.82, 2.24) is 20.5 Å². The van der Waals surface area contributed by atoms with Crippen LogP contribution in [0.2, 0.25) is 0 Å². The van der Waals surface area contributed by atoms with E-state index in [-0.39, 0.29) is 28.8 Å². The predicted molar refractivity (Wildman–Crippen MR) is 91.0 cm³/mol. The minimum Gasteiger partial charge on any atom is -0.422 e. The van der Waals surface area contributed by atoms with Gasteiger partial charge in [0.2, 0.25) is 5.82 Å². The number of benzene rings is 2. The molecule has 3 heterocycles. The van der Waals surface area contributed by atoms with Crippen LogP contribution in [0.1, 0.15) is 0 Å². The molecular formula is C17H9N5O4. The summed E-state index contributed by atoms with van der Waals surface area (Å²) in [5, 5.41) is 13.6. The van der Waals surface area contributed by atoms with Crippen molar-refractivity contribution in [2.75, 3.05) is 5.73 Å². The monoisotopic (exact) mass is 347 g/mol. The van der Waals surface area contributed by atoms with Crippen LogP contribution in [-0.2, 0) is 0 Å². The molecule has 0 unspecified atom stereocenters. The lowest BCUT2D eigenvalue weighted by Crippen LogP contribution is -2.03. The van der Waals surface area contributed by atoms with E-state index >= 15 is 0 Å². The molecule has 0 saturated heterocycles. The lowest BCUT2D eigenvalue weighted by atomic mass is 10.0. The number of rotatable bonds is 2. The highest BCUT2D eigenvalue weighted by atomic mass is 16.6. The van der Waals surface area contributed by atoms with Crippen molar-refractivity contribution in [3.05, 3.63) is 52.9 Å². The first kappa shape index (κ1) is 14.3. The van der Waals surface area contributed by atoms with Crippen molar-refractivity contribution in [3.8, 4) is 23.0 Å². The third-order valence-corrected chi connectivity index (χ3v) is 4.02. The molecule has 9 heteroatoms. The molecule has 0 fully saturated rings. The Labute approximate surface area is 144 Å². The van der Waals surface area contributed by atoms with Gasteiger partial charge in [-0.05, 0) is 33.2 Å². The second-order valence-corrected chi connectivity index (χ2v) is 5.57. The maximum absolute atomic E-state index is 12.4. The number of hydrogen-bond acceptors (Lipinski definition) is 9. The Morgan fingerprint density at radius 3 is 2.69 bits per heavy atom. The molecule has 3 aromatic heterocycles. The molecule has 0 atom stereocenters. The van der Waals surface area contributed by atoms with E-state index in [1.165, 1.54) is 0 Å². The largest absolute Gasteiger partial charge is 0.422 e. The summed E-state index contributed by atoms with van der Waals surface area (Å²) in [5.74, 6) is 0.0797. The van der Waals surface area contributed by atoms with Crippen LogP contribution >= 0.6 is 0 Å². The van der Waals surface area contributed by atoms with Gasteiger partial charge in [0, 0.05) is 5.39 Å². The Morgan fingerprint density at radius 2 is 1.85 bits per heavy atom. The van der Waals surface area contributed by atoms with Gasteiger partial charge in [0.15, 0.2) is 11.5 Å². The van der Waals surface area contributed by atoms with Crippen molar-refractivity contribution in [3.63, 3.8) is 0 Å². The molecular weight excluding hydrogens is 338 g/mol. The van der Waals surface area contributed by atoms with Crippen molar-refractivity contribution in [1.29, 1.82) is 0 Å². The summed E-state index contributed by atoms with van der Waals surface area (Å²) in [6, 6.07) is 13.1. The molecule has 0 aliphatic carbocycles. The molecule has 2 aromatic carbocycles. The van der Waals surface area contributed by atoms with Crippen LogP contribution in [-0.4, -0.2) is 20.5 Å². The molecule has 0 bridgehead atoms. The van der Waals surface area contributed by atoms with E-state index in [4.69, 9.17) is 14.7 Å². The number of nitrogens with two attached hydrogens (primary N) is 1. The average molecular weight is 347 g/mol. The molecule has 126 valence electrons. The van der Waals surface area contributed by atoms with Crippen LogP contribution in [0.4, 0.5) is 5.82 Å². The summed E-state index contributed by atoms with van der Waals surface area (Å²) in [6.45, 7) is 0. The minimum atomic E-state index is -0.589. The number of hydrogen-bond donors (Lipinski definition) is 1. The third-order valence-electron chi connectivity index (χ3n) is 4.02. The standard InChI is InChI=1S/C17H9N5O4/c18-14-13(20-26-21-14)15-19-16(25-22-15)11-7-10-9-4-2-1-3-8(9)5-6-12(10)24-17(11)23/h1-7H,(H2,18,21). The predicted octanol–water partition coefficient (Wildman–Crippen LogP) is 2.63. The van der Waals surface area contributed by atoms with Gasteiger partial charge >= 0.3 is 5.63 Å². The number of aromatic nitrogens is 4. The van der Waals surface area contributed by atoms with Crippen LogP contribution in [0.5, 0.6) is 0 Å². The Hall–Kier alpha value is -4.01. The minimum absolute atomic E-state index is 0.00835. The quantitative estimate of drug-likeness (QED) is 0.377. The summed E-state index contributed by atoms with van der Waals surface area (Å²) in [7, 11) is 0. The Balaban J connectivity index is 1.73. The number of nitrogens with zero attached hydrogens (tertiary/aromatic N) is 4. The number of fused-ring (bicyclic) bond motifs is 3. The molecule has 2 N–H and O–H groups in total. The van der Waals surface area contributed by atoms with Gasteiger partial charge in [0.05, 0.1) is 0 Å². The topological polar surface area (TPSA) is 134 Å². The fourth-order valence-corrected chi connectivity index (χ4v) is 2.80. The van der Waals surface area contributed by atoms with Gasteiger partial charge in [-0.3, -0.25) is 0 Å². The zero-order valence-corrected chi connectivity index (χ0v) is 13.0. The average Bonchev–Trinajstić information content (AvgIpc) is 3.29. The van der Waals surface area contributed by atoms with E-state index < -0.39 is 5.63 Å². The second-order valence-electron chi connectivity index (χ2n) is 5.57. The van der Waals surface area contributed by atoms with Crippen LogP contribution in [0.15, 0.2) is 60.8 Å². The molecule has 0 aliphatic rings. The molecule has 26 heavy (non-hydrogen) atoms. The maximum atomic E-state index is 12.4. The molecule has 9 nitrogen and oxygen atoms in total. The van der Waals surface area contributed by atoms with Crippen LogP contribution in [0, 0.1) is 0 Å². The van der Waals surface area contributed by atoms with Gasteiger partial charge in [-0.1, -0.05) is 35.5 Å². The Bertz CT molecular complexity index is 1330. The fraction of sp³-hybridized carbons (Fsp3) is 0. The van der Waals surface area contributed by atoms with E-state index in [0.29, 0.717) is 5.58 Å². The molecule has 5 aromatic rings. The highest BCUT2D eigenvalue weighted by Crippen LogP contribution is 2.28. The van der Waals surface area contributed by atoms with Crippen molar-refractivity contribution in [2.45, 2.75) is 0 Å². The van der Waals surface area contributed by atoms with Crippen LogP contribution in [0.3, 0.4) is 0 Å². The smallest absolute Gasteiger partial charge is 0.349 e. The van der Waals surface area contributed by atoms with E-state index in [1.807, 2.05) is 30.3 Å². The van der Waals surface area contributed by atoms with Gasteiger partial charge in [-0.15, -0.1) is 0 Å². The fourth-order valence-electron chi connectivity index (χ4n) is 2.80. The van der Waals surface area contributed by atoms with Crippen molar-refractivity contribution < 1.29 is 13.6 Å². The highest BCUT2D eigenvalue weighted by Gasteiger charge is 2.20. The van der Waals surface area contributed by atoms with Gasteiger partial charge in [-0.2, -0.15) is 4.98 Å². The summed E-state index contributed by atoms with van der Waals surface area (Å²) in [4.78, 5) is 16.5. The molecule has 5 rings (SSSR count). The van der Waals surface area contributed by atoms with Crippen molar-refractivity contribution in [2.24, 2.45) is 0 Å². The third kappa shape index (κ3) is 2.07. The molecule has 0 saturated carbocycles.